The second kappa shape index (κ2) is 8.62. The fourth-order valence-corrected chi connectivity index (χ4v) is 5.22. The van der Waals surface area contributed by atoms with Crippen molar-refractivity contribution >= 4 is 10.8 Å². The SMILES string of the molecule is CCOc1cc(-c2c(C3(O)CCCC3)oc(=O)c3ccccc23)ccc1OC1CCCC1. The van der Waals surface area contributed by atoms with Crippen molar-refractivity contribution in [2.75, 3.05) is 6.61 Å². The van der Waals surface area contributed by atoms with Gasteiger partial charge in [0.2, 0.25) is 0 Å². The highest BCUT2D eigenvalue weighted by molar-refractivity contribution is 5.97. The summed E-state index contributed by atoms with van der Waals surface area (Å²) in [7, 11) is 0. The summed E-state index contributed by atoms with van der Waals surface area (Å²) >= 11 is 0. The van der Waals surface area contributed by atoms with E-state index < -0.39 is 11.2 Å². The first kappa shape index (κ1) is 21.1. The van der Waals surface area contributed by atoms with E-state index in [4.69, 9.17) is 13.9 Å². The lowest BCUT2D eigenvalue weighted by atomic mass is 9.88. The highest BCUT2D eigenvalue weighted by atomic mass is 16.5. The highest BCUT2D eigenvalue weighted by Crippen LogP contribution is 2.46. The van der Waals surface area contributed by atoms with Crippen molar-refractivity contribution in [3.05, 3.63) is 58.6 Å². The van der Waals surface area contributed by atoms with Crippen molar-refractivity contribution in [3.8, 4) is 22.6 Å². The fourth-order valence-electron chi connectivity index (χ4n) is 5.22. The molecular weight excluding hydrogens is 404 g/mol. The normalized spacial score (nSPS) is 18.3. The third kappa shape index (κ3) is 3.79. The molecule has 5 heteroatoms. The standard InChI is InChI=1S/C27H30O5/c1-2-30-23-17-18(13-14-22(23)31-19-9-3-4-10-19)24-20-11-5-6-12-21(20)26(28)32-25(24)27(29)15-7-8-16-27/h5-6,11-14,17,19,29H,2-4,7-10,15-16H2,1H3. The van der Waals surface area contributed by atoms with Crippen LogP contribution in [0.3, 0.4) is 0 Å². The lowest BCUT2D eigenvalue weighted by Crippen LogP contribution is -2.24. The molecule has 0 radical (unpaired) electrons. The van der Waals surface area contributed by atoms with Crippen molar-refractivity contribution in [1.29, 1.82) is 0 Å². The van der Waals surface area contributed by atoms with Gasteiger partial charge in [-0.15, -0.1) is 0 Å². The Kier molecular flexibility index (Phi) is 5.68. The van der Waals surface area contributed by atoms with Gasteiger partial charge >= 0.3 is 5.63 Å². The summed E-state index contributed by atoms with van der Waals surface area (Å²) in [6, 6.07) is 13.3. The van der Waals surface area contributed by atoms with Crippen LogP contribution in [0.15, 0.2) is 51.7 Å². The molecule has 32 heavy (non-hydrogen) atoms. The van der Waals surface area contributed by atoms with Crippen molar-refractivity contribution < 1.29 is 19.0 Å². The summed E-state index contributed by atoms with van der Waals surface area (Å²) < 4.78 is 18.0. The van der Waals surface area contributed by atoms with Crippen LogP contribution in [0.1, 0.15) is 64.1 Å². The summed E-state index contributed by atoms with van der Waals surface area (Å²) in [6.07, 6.45) is 7.75. The van der Waals surface area contributed by atoms with Gasteiger partial charge in [-0.2, -0.15) is 0 Å². The molecule has 2 aliphatic rings. The van der Waals surface area contributed by atoms with Crippen molar-refractivity contribution in [2.45, 2.75) is 70.0 Å². The largest absolute Gasteiger partial charge is 0.490 e. The zero-order valence-electron chi connectivity index (χ0n) is 18.6. The molecule has 0 bridgehead atoms. The Labute approximate surface area is 188 Å². The molecule has 1 N–H and O–H groups in total. The van der Waals surface area contributed by atoms with Gasteiger partial charge in [-0.3, -0.25) is 0 Å². The van der Waals surface area contributed by atoms with E-state index in [0.29, 0.717) is 36.3 Å². The minimum Gasteiger partial charge on any atom is -0.490 e. The Morgan fingerprint density at radius 3 is 2.44 bits per heavy atom. The maximum Gasteiger partial charge on any atom is 0.343 e. The number of hydrogen-bond donors (Lipinski definition) is 1. The maximum atomic E-state index is 12.8. The van der Waals surface area contributed by atoms with E-state index in [1.54, 1.807) is 6.07 Å². The fraction of sp³-hybridized carbons (Fsp3) is 0.444. The van der Waals surface area contributed by atoms with E-state index >= 15 is 0 Å². The molecule has 168 valence electrons. The number of fused-ring (bicyclic) bond motifs is 1. The second-order valence-corrected chi connectivity index (χ2v) is 9.00. The van der Waals surface area contributed by atoms with E-state index in [1.807, 2.05) is 43.3 Å². The molecule has 2 aliphatic carbocycles. The average molecular weight is 435 g/mol. The van der Waals surface area contributed by atoms with Crippen LogP contribution in [0, 0.1) is 0 Å². The number of hydrogen-bond acceptors (Lipinski definition) is 5. The van der Waals surface area contributed by atoms with Crippen LogP contribution in [0.4, 0.5) is 0 Å². The molecule has 1 aromatic heterocycles. The van der Waals surface area contributed by atoms with Crippen molar-refractivity contribution in [1.82, 2.24) is 0 Å². The summed E-state index contributed by atoms with van der Waals surface area (Å²) in [5.74, 6) is 1.78. The van der Waals surface area contributed by atoms with Crippen LogP contribution in [-0.2, 0) is 5.60 Å². The highest BCUT2D eigenvalue weighted by Gasteiger charge is 2.39. The predicted molar refractivity (Wildman–Crippen MR) is 124 cm³/mol. The van der Waals surface area contributed by atoms with E-state index in [1.165, 1.54) is 12.8 Å². The van der Waals surface area contributed by atoms with E-state index in [9.17, 15) is 9.90 Å². The first-order valence-corrected chi connectivity index (χ1v) is 11.8. The lowest BCUT2D eigenvalue weighted by Gasteiger charge is -2.25. The minimum atomic E-state index is -1.14. The van der Waals surface area contributed by atoms with Crippen LogP contribution in [0.25, 0.3) is 21.9 Å². The maximum absolute atomic E-state index is 12.8. The average Bonchev–Trinajstić information content (AvgIpc) is 3.48. The van der Waals surface area contributed by atoms with Crippen LogP contribution >= 0.6 is 0 Å². The quantitative estimate of drug-likeness (QED) is 0.520. The summed E-state index contributed by atoms with van der Waals surface area (Å²) in [5, 5.41) is 12.7. The molecule has 0 saturated heterocycles. The lowest BCUT2D eigenvalue weighted by molar-refractivity contribution is 0.0202. The molecule has 0 amide bonds. The Hall–Kier alpha value is -2.79. The Morgan fingerprint density at radius 1 is 1.00 bits per heavy atom. The van der Waals surface area contributed by atoms with Gasteiger partial charge < -0.3 is 19.0 Å². The number of ether oxygens (including phenoxy) is 2. The predicted octanol–water partition coefficient (Wildman–Crippen LogP) is 5.94. The molecule has 0 unspecified atom stereocenters. The van der Waals surface area contributed by atoms with Gasteiger partial charge in [0.15, 0.2) is 11.5 Å². The molecule has 1 heterocycles. The molecule has 2 fully saturated rings. The van der Waals surface area contributed by atoms with Gasteiger partial charge in [0.05, 0.1) is 18.1 Å². The third-order valence-corrected chi connectivity index (χ3v) is 6.82. The number of aliphatic hydroxyl groups is 1. The van der Waals surface area contributed by atoms with E-state index in [0.717, 1.165) is 47.9 Å². The molecular formula is C27H30O5. The molecule has 5 nitrogen and oxygen atoms in total. The van der Waals surface area contributed by atoms with Gasteiger partial charge in [0.1, 0.15) is 11.4 Å². The van der Waals surface area contributed by atoms with Crippen LogP contribution in [-0.4, -0.2) is 17.8 Å². The molecule has 0 spiro atoms. The first-order chi connectivity index (χ1) is 15.6. The first-order valence-electron chi connectivity index (χ1n) is 11.8. The van der Waals surface area contributed by atoms with Gasteiger partial charge in [0.25, 0.3) is 0 Å². The molecule has 0 atom stereocenters. The smallest absolute Gasteiger partial charge is 0.343 e. The summed E-state index contributed by atoms with van der Waals surface area (Å²) in [5.41, 5.74) is 0.0647. The van der Waals surface area contributed by atoms with Gasteiger partial charge in [-0.1, -0.05) is 24.3 Å². The minimum absolute atomic E-state index is 0.227. The van der Waals surface area contributed by atoms with Crippen LogP contribution < -0.4 is 15.1 Å². The Bertz CT molecular complexity index is 1170. The summed E-state index contributed by atoms with van der Waals surface area (Å²) in [6.45, 7) is 2.47. The Balaban J connectivity index is 1.68. The molecule has 0 aliphatic heterocycles. The molecule has 3 aromatic rings. The monoisotopic (exact) mass is 434 g/mol. The number of rotatable bonds is 6. The molecule has 2 aromatic carbocycles. The van der Waals surface area contributed by atoms with Gasteiger partial charge in [-0.25, -0.2) is 4.79 Å². The van der Waals surface area contributed by atoms with Gasteiger partial charge in [0, 0.05) is 10.9 Å². The zero-order chi connectivity index (χ0) is 22.1. The van der Waals surface area contributed by atoms with E-state index in [2.05, 4.69) is 0 Å². The van der Waals surface area contributed by atoms with Crippen molar-refractivity contribution in [2.24, 2.45) is 0 Å². The van der Waals surface area contributed by atoms with Gasteiger partial charge in [-0.05, 0) is 82.1 Å². The summed E-state index contributed by atoms with van der Waals surface area (Å²) in [4.78, 5) is 12.8. The van der Waals surface area contributed by atoms with Crippen molar-refractivity contribution in [3.63, 3.8) is 0 Å². The second-order valence-electron chi connectivity index (χ2n) is 9.00. The molecule has 5 rings (SSSR count). The zero-order valence-corrected chi connectivity index (χ0v) is 18.6. The topological polar surface area (TPSA) is 68.9 Å². The van der Waals surface area contributed by atoms with Crippen LogP contribution in [0.5, 0.6) is 11.5 Å². The molecule has 2 saturated carbocycles. The Morgan fingerprint density at radius 2 is 1.72 bits per heavy atom. The number of benzene rings is 2. The van der Waals surface area contributed by atoms with E-state index in [-0.39, 0.29) is 6.10 Å². The third-order valence-electron chi connectivity index (χ3n) is 6.82. The van der Waals surface area contributed by atoms with Crippen LogP contribution in [0.2, 0.25) is 0 Å².